The fraction of sp³-hybridized carbons (Fsp3) is 0.294. The Hall–Kier alpha value is -1.64. The fourth-order valence-electron chi connectivity index (χ4n) is 2.71. The van der Waals surface area contributed by atoms with Gasteiger partial charge in [0.15, 0.2) is 0 Å². The van der Waals surface area contributed by atoms with Gasteiger partial charge in [-0.25, -0.2) is 0 Å². The van der Waals surface area contributed by atoms with Gasteiger partial charge in [0.05, 0.1) is 12.1 Å². The Balaban J connectivity index is 2.63. The van der Waals surface area contributed by atoms with Crippen LogP contribution in [0.15, 0.2) is 48.5 Å². The van der Waals surface area contributed by atoms with Crippen molar-refractivity contribution in [3.05, 3.63) is 70.8 Å². The summed E-state index contributed by atoms with van der Waals surface area (Å²) in [7, 11) is 1.89. The van der Waals surface area contributed by atoms with Crippen molar-refractivity contribution in [2.24, 2.45) is 0 Å². The molecular formula is C17H21NO. The summed E-state index contributed by atoms with van der Waals surface area (Å²) in [5, 5.41) is 13.3. The Bertz CT molecular complexity index is 544. The number of hydrogen-bond donors (Lipinski definition) is 2. The number of benzene rings is 2. The summed E-state index contributed by atoms with van der Waals surface area (Å²) < 4.78 is 0. The molecule has 0 radical (unpaired) electrons. The maximum Gasteiger partial charge on any atom is 0.0925 e. The van der Waals surface area contributed by atoms with Crippen molar-refractivity contribution >= 4 is 0 Å². The smallest absolute Gasteiger partial charge is 0.0925 e. The van der Waals surface area contributed by atoms with Gasteiger partial charge in [0.25, 0.3) is 0 Å². The summed E-state index contributed by atoms with van der Waals surface area (Å²) in [5.74, 6) is 0. The second-order valence-electron chi connectivity index (χ2n) is 5.00. The molecule has 0 fully saturated rings. The molecule has 2 aromatic carbocycles. The van der Waals surface area contributed by atoms with Gasteiger partial charge in [0, 0.05) is 0 Å². The first-order valence-electron chi connectivity index (χ1n) is 6.57. The molecule has 0 spiro atoms. The van der Waals surface area contributed by atoms with Crippen LogP contribution in [0.4, 0.5) is 0 Å². The molecule has 2 rings (SSSR count). The molecule has 0 saturated heterocycles. The molecule has 0 aromatic heterocycles. The van der Waals surface area contributed by atoms with E-state index < -0.39 is 5.54 Å². The zero-order valence-corrected chi connectivity index (χ0v) is 11.8. The summed E-state index contributed by atoms with van der Waals surface area (Å²) in [6.07, 6.45) is 0. The van der Waals surface area contributed by atoms with Crippen LogP contribution >= 0.6 is 0 Å². The van der Waals surface area contributed by atoms with Crippen molar-refractivity contribution in [2.45, 2.75) is 19.4 Å². The van der Waals surface area contributed by atoms with E-state index in [9.17, 15) is 5.11 Å². The third-order valence-corrected chi connectivity index (χ3v) is 3.77. The molecule has 0 aliphatic rings. The van der Waals surface area contributed by atoms with E-state index in [1.54, 1.807) is 0 Å². The minimum absolute atomic E-state index is 0.0252. The lowest BCUT2D eigenvalue weighted by atomic mass is 9.81. The molecule has 0 aliphatic carbocycles. The number of likely N-dealkylation sites (N-methyl/N-ethyl adjacent to an activating group) is 1. The summed E-state index contributed by atoms with van der Waals surface area (Å²) in [5.41, 5.74) is 4.07. The second kappa shape index (κ2) is 5.55. The Morgan fingerprint density at radius 1 is 1.05 bits per heavy atom. The van der Waals surface area contributed by atoms with Crippen molar-refractivity contribution in [3.8, 4) is 0 Å². The van der Waals surface area contributed by atoms with Crippen LogP contribution < -0.4 is 5.32 Å². The minimum atomic E-state index is -0.543. The van der Waals surface area contributed by atoms with E-state index in [1.807, 2.05) is 37.4 Å². The Kier molecular flexibility index (Phi) is 4.03. The van der Waals surface area contributed by atoms with Gasteiger partial charge in [0.2, 0.25) is 0 Å². The molecule has 0 aliphatic heterocycles. The lowest BCUT2D eigenvalue weighted by Crippen LogP contribution is -2.45. The van der Waals surface area contributed by atoms with Gasteiger partial charge in [-0.3, -0.25) is 0 Å². The van der Waals surface area contributed by atoms with Crippen LogP contribution in [0.3, 0.4) is 0 Å². The summed E-state index contributed by atoms with van der Waals surface area (Å²) in [6, 6.07) is 16.4. The van der Waals surface area contributed by atoms with E-state index in [-0.39, 0.29) is 6.61 Å². The van der Waals surface area contributed by atoms with Gasteiger partial charge >= 0.3 is 0 Å². The SMILES string of the molecule is CNC(CO)(c1ccccc1)c1ccc(C)cc1C. The van der Waals surface area contributed by atoms with Crippen LogP contribution in [0.25, 0.3) is 0 Å². The van der Waals surface area contributed by atoms with Crippen molar-refractivity contribution < 1.29 is 5.11 Å². The molecule has 2 nitrogen and oxygen atoms in total. The maximum atomic E-state index is 10.0. The summed E-state index contributed by atoms with van der Waals surface area (Å²) in [4.78, 5) is 0. The van der Waals surface area contributed by atoms with E-state index in [0.29, 0.717) is 0 Å². The number of aliphatic hydroxyl groups is 1. The fourth-order valence-corrected chi connectivity index (χ4v) is 2.71. The quantitative estimate of drug-likeness (QED) is 0.880. The van der Waals surface area contributed by atoms with Gasteiger partial charge < -0.3 is 10.4 Å². The van der Waals surface area contributed by atoms with Crippen LogP contribution in [-0.4, -0.2) is 18.8 Å². The molecule has 1 unspecified atom stereocenters. The van der Waals surface area contributed by atoms with Crippen LogP contribution in [0, 0.1) is 13.8 Å². The predicted molar refractivity (Wildman–Crippen MR) is 79.3 cm³/mol. The highest BCUT2D eigenvalue weighted by Crippen LogP contribution is 2.31. The number of rotatable bonds is 4. The van der Waals surface area contributed by atoms with Gasteiger partial charge in [-0.15, -0.1) is 0 Å². The monoisotopic (exact) mass is 255 g/mol. The molecule has 0 heterocycles. The van der Waals surface area contributed by atoms with E-state index in [1.165, 1.54) is 11.1 Å². The molecule has 0 bridgehead atoms. The molecule has 2 aromatic rings. The molecule has 100 valence electrons. The third kappa shape index (κ3) is 2.42. The Morgan fingerprint density at radius 2 is 1.74 bits per heavy atom. The summed E-state index contributed by atoms with van der Waals surface area (Å²) >= 11 is 0. The first-order chi connectivity index (χ1) is 9.14. The molecule has 1 atom stereocenters. The van der Waals surface area contributed by atoms with Crippen LogP contribution in [0.2, 0.25) is 0 Å². The van der Waals surface area contributed by atoms with Crippen molar-refractivity contribution in [2.75, 3.05) is 13.7 Å². The van der Waals surface area contributed by atoms with Crippen LogP contribution in [0.5, 0.6) is 0 Å². The highest BCUT2D eigenvalue weighted by molar-refractivity contribution is 5.44. The maximum absolute atomic E-state index is 10.0. The van der Waals surface area contributed by atoms with Gasteiger partial charge in [-0.2, -0.15) is 0 Å². The first kappa shape index (κ1) is 13.8. The topological polar surface area (TPSA) is 32.3 Å². The second-order valence-corrected chi connectivity index (χ2v) is 5.00. The third-order valence-electron chi connectivity index (χ3n) is 3.77. The van der Waals surface area contributed by atoms with Crippen molar-refractivity contribution in [1.29, 1.82) is 0 Å². The number of nitrogens with one attached hydrogen (secondary N) is 1. The molecule has 0 amide bonds. The standard InChI is InChI=1S/C17H21NO/c1-13-9-10-16(14(2)11-13)17(12-19,18-3)15-7-5-4-6-8-15/h4-11,18-19H,12H2,1-3H3. The number of aryl methyl sites for hydroxylation is 2. The largest absolute Gasteiger partial charge is 0.394 e. The highest BCUT2D eigenvalue weighted by Gasteiger charge is 2.32. The lowest BCUT2D eigenvalue weighted by Gasteiger charge is -2.34. The van der Waals surface area contributed by atoms with E-state index >= 15 is 0 Å². The van der Waals surface area contributed by atoms with E-state index in [0.717, 1.165) is 11.1 Å². The first-order valence-corrected chi connectivity index (χ1v) is 6.57. The zero-order chi connectivity index (χ0) is 13.9. The van der Waals surface area contributed by atoms with Gasteiger partial charge in [0.1, 0.15) is 0 Å². The van der Waals surface area contributed by atoms with Gasteiger partial charge in [-0.05, 0) is 37.6 Å². The predicted octanol–water partition coefficient (Wildman–Crippen LogP) is 2.76. The van der Waals surface area contributed by atoms with Crippen LogP contribution in [-0.2, 0) is 5.54 Å². The minimum Gasteiger partial charge on any atom is -0.394 e. The zero-order valence-electron chi connectivity index (χ0n) is 11.8. The Morgan fingerprint density at radius 3 is 2.26 bits per heavy atom. The van der Waals surface area contributed by atoms with Crippen molar-refractivity contribution in [3.63, 3.8) is 0 Å². The molecule has 2 N–H and O–H groups in total. The van der Waals surface area contributed by atoms with E-state index in [4.69, 9.17) is 0 Å². The molecule has 19 heavy (non-hydrogen) atoms. The van der Waals surface area contributed by atoms with E-state index in [2.05, 4.69) is 37.4 Å². The van der Waals surface area contributed by atoms with Crippen LogP contribution in [0.1, 0.15) is 22.3 Å². The number of hydrogen-bond acceptors (Lipinski definition) is 2. The average molecular weight is 255 g/mol. The summed E-state index contributed by atoms with van der Waals surface area (Å²) in [6.45, 7) is 4.20. The Labute approximate surface area is 115 Å². The average Bonchev–Trinajstić information content (AvgIpc) is 2.44. The number of aliphatic hydroxyl groups excluding tert-OH is 1. The molecular weight excluding hydrogens is 234 g/mol. The molecule has 2 heteroatoms. The molecule has 0 saturated carbocycles. The lowest BCUT2D eigenvalue weighted by molar-refractivity contribution is 0.198. The normalized spacial score (nSPS) is 14.1. The highest BCUT2D eigenvalue weighted by atomic mass is 16.3. The van der Waals surface area contributed by atoms with Gasteiger partial charge in [-0.1, -0.05) is 54.1 Å². The van der Waals surface area contributed by atoms with Crippen molar-refractivity contribution in [1.82, 2.24) is 5.32 Å².